The SMILES string of the molecule is CCOc1ccc(-c2ccc(OC(=O)c3ccc(C)cc3)nn2)cc1. The van der Waals surface area contributed by atoms with Crippen LogP contribution in [0.15, 0.2) is 60.7 Å². The van der Waals surface area contributed by atoms with Crippen molar-refractivity contribution in [1.82, 2.24) is 10.2 Å². The number of esters is 1. The third kappa shape index (κ3) is 4.20. The Bertz CT molecular complexity index is 842. The average Bonchev–Trinajstić information content (AvgIpc) is 2.64. The lowest BCUT2D eigenvalue weighted by atomic mass is 10.1. The number of carbonyl (C=O) groups excluding carboxylic acids is 1. The molecule has 25 heavy (non-hydrogen) atoms. The first kappa shape index (κ1) is 16.6. The summed E-state index contributed by atoms with van der Waals surface area (Å²) in [7, 11) is 0. The van der Waals surface area contributed by atoms with Gasteiger partial charge in [-0.25, -0.2) is 4.79 Å². The van der Waals surface area contributed by atoms with Gasteiger partial charge in [0.15, 0.2) is 0 Å². The van der Waals surface area contributed by atoms with E-state index in [2.05, 4.69) is 10.2 Å². The van der Waals surface area contributed by atoms with Crippen molar-refractivity contribution in [2.75, 3.05) is 6.61 Å². The van der Waals surface area contributed by atoms with Crippen LogP contribution in [-0.4, -0.2) is 22.8 Å². The van der Waals surface area contributed by atoms with E-state index in [1.54, 1.807) is 24.3 Å². The predicted octanol–water partition coefficient (Wildman–Crippen LogP) is 4.07. The molecule has 2 aromatic carbocycles. The molecule has 5 nitrogen and oxygen atoms in total. The number of ether oxygens (including phenoxy) is 2. The fraction of sp³-hybridized carbons (Fsp3) is 0.150. The van der Waals surface area contributed by atoms with Gasteiger partial charge in [-0.05, 0) is 56.3 Å². The zero-order valence-corrected chi connectivity index (χ0v) is 14.1. The number of nitrogens with zero attached hydrogens (tertiary/aromatic N) is 2. The second-order valence-corrected chi connectivity index (χ2v) is 5.47. The van der Waals surface area contributed by atoms with Crippen LogP contribution >= 0.6 is 0 Å². The van der Waals surface area contributed by atoms with Gasteiger partial charge in [0.05, 0.1) is 17.9 Å². The quantitative estimate of drug-likeness (QED) is 0.658. The van der Waals surface area contributed by atoms with Gasteiger partial charge in [0.1, 0.15) is 5.75 Å². The summed E-state index contributed by atoms with van der Waals surface area (Å²) in [6.07, 6.45) is 0. The van der Waals surface area contributed by atoms with E-state index in [4.69, 9.17) is 9.47 Å². The summed E-state index contributed by atoms with van der Waals surface area (Å²) in [6.45, 7) is 4.52. The van der Waals surface area contributed by atoms with Crippen molar-refractivity contribution in [3.63, 3.8) is 0 Å². The van der Waals surface area contributed by atoms with Gasteiger partial charge in [-0.15, -0.1) is 10.2 Å². The number of hydrogen-bond donors (Lipinski definition) is 0. The van der Waals surface area contributed by atoms with E-state index in [9.17, 15) is 4.79 Å². The zero-order valence-electron chi connectivity index (χ0n) is 14.1. The number of carbonyl (C=O) groups is 1. The molecule has 0 aliphatic heterocycles. The van der Waals surface area contributed by atoms with Gasteiger partial charge in [-0.3, -0.25) is 0 Å². The standard InChI is InChI=1S/C20H18N2O3/c1-3-24-17-10-8-15(9-11-17)18-12-13-19(22-21-18)25-20(23)16-6-4-14(2)5-7-16/h4-13H,3H2,1-2H3. The van der Waals surface area contributed by atoms with Gasteiger partial charge in [0, 0.05) is 11.6 Å². The molecule has 0 unspecified atom stereocenters. The third-order valence-corrected chi connectivity index (χ3v) is 3.59. The first-order chi connectivity index (χ1) is 12.2. The van der Waals surface area contributed by atoms with E-state index in [1.807, 2.05) is 50.2 Å². The van der Waals surface area contributed by atoms with Crippen molar-refractivity contribution < 1.29 is 14.3 Å². The lowest BCUT2D eigenvalue weighted by Crippen LogP contribution is -2.09. The molecule has 126 valence electrons. The first-order valence-electron chi connectivity index (χ1n) is 8.01. The molecule has 3 rings (SSSR count). The minimum Gasteiger partial charge on any atom is -0.494 e. The van der Waals surface area contributed by atoms with Gasteiger partial charge in [0.2, 0.25) is 5.88 Å². The lowest BCUT2D eigenvalue weighted by Gasteiger charge is -2.06. The van der Waals surface area contributed by atoms with Crippen LogP contribution in [0.4, 0.5) is 0 Å². The number of rotatable bonds is 5. The van der Waals surface area contributed by atoms with Crippen LogP contribution in [0.5, 0.6) is 11.6 Å². The number of hydrogen-bond acceptors (Lipinski definition) is 5. The molecule has 0 radical (unpaired) electrons. The number of benzene rings is 2. The smallest absolute Gasteiger partial charge is 0.344 e. The Morgan fingerprint density at radius 1 is 0.920 bits per heavy atom. The average molecular weight is 334 g/mol. The highest BCUT2D eigenvalue weighted by atomic mass is 16.5. The second-order valence-electron chi connectivity index (χ2n) is 5.47. The molecule has 5 heteroatoms. The molecule has 0 saturated heterocycles. The first-order valence-corrected chi connectivity index (χ1v) is 8.01. The largest absolute Gasteiger partial charge is 0.494 e. The maximum Gasteiger partial charge on any atom is 0.344 e. The van der Waals surface area contributed by atoms with Crippen LogP contribution < -0.4 is 9.47 Å². The van der Waals surface area contributed by atoms with E-state index >= 15 is 0 Å². The Labute approximate surface area is 146 Å². The van der Waals surface area contributed by atoms with Crippen LogP contribution in [0.1, 0.15) is 22.8 Å². The fourth-order valence-corrected chi connectivity index (χ4v) is 2.26. The van der Waals surface area contributed by atoms with Crippen LogP contribution in [-0.2, 0) is 0 Å². The maximum atomic E-state index is 12.1. The lowest BCUT2D eigenvalue weighted by molar-refractivity contribution is 0.0726. The minimum atomic E-state index is -0.455. The van der Waals surface area contributed by atoms with Gasteiger partial charge in [0.25, 0.3) is 0 Å². The Hall–Kier alpha value is -3.21. The summed E-state index contributed by atoms with van der Waals surface area (Å²) < 4.78 is 10.7. The van der Waals surface area contributed by atoms with E-state index in [1.165, 1.54) is 0 Å². The highest BCUT2D eigenvalue weighted by molar-refractivity contribution is 5.90. The number of aryl methyl sites for hydroxylation is 1. The molecule has 3 aromatic rings. The summed E-state index contributed by atoms with van der Waals surface area (Å²) in [5.41, 5.74) is 3.16. The molecule has 0 spiro atoms. The minimum absolute atomic E-state index is 0.167. The molecule has 0 N–H and O–H groups in total. The molecule has 0 aliphatic carbocycles. The molecule has 0 amide bonds. The van der Waals surface area contributed by atoms with Gasteiger partial charge in [-0.1, -0.05) is 17.7 Å². The van der Waals surface area contributed by atoms with E-state index < -0.39 is 5.97 Å². The predicted molar refractivity (Wildman–Crippen MR) is 94.8 cm³/mol. The molecule has 0 atom stereocenters. The number of aromatic nitrogens is 2. The molecule has 1 aromatic heterocycles. The molecular weight excluding hydrogens is 316 g/mol. The van der Waals surface area contributed by atoms with Gasteiger partial charge in [-0.2, -0.15) is 0 Å². The summed E-state index contributed by atoms with van der Waals surface area (Å²) in [5.74, 6) is 0.520. The molecule has 1 heterocycles. The van der Waals surface area contributed by atoms with Crippen molar-refractivity contribution in [1.29, 1.82) is 0 Å². The zero-order chi connectivity index (χ0) is 17.6. The Kier molecular flexibility index (Phi) is 5.04. The molecule has 0 bridgehead atoms. The summed E-state index contributed by atoms with van der Waals surface area (Å²) in [4.78, 5) is 12.1. The van der Waals surface area contributed by atoms with Crippen LogP contribution in [0.25, 0.3) is 11.3 Å². The van der Waals surface area contributed by atoms with Crippen molar-refractivity contribution in [2.45, 2.75) is 13.8 Å². The van der Waals surface area contributed by atoms with E-state index in [0.29, 0.717) is 17.9 Å². The van der Waals surface area contributed by atoms with Crippen LogP contribution in [0.3, 0.4) is 0 Å². The van der Waals surface area contributed by atoms with Crippen LogP contribution in [0.2, 0.25) is 0 Å². The van der Waals surface area contributed by atoms with Crippen molar-refractivity contribution in [3.8, 4) is 22.9 Å². The Balaban J connectivity index is 1.69. The molecule has 0 saturated carbocycles. The van der Waals surface area contributed by atoms with Crippen molar-refractivity contribution in [3.05, 3.63) is 71.8 Å². The molecule has 0 fully saturated rings. The summed E-state index contributed by atoms with van der Waals surface area (Å²) >= 11 is 0. The summed E-state index contributed by atoms with van der Waals surface area (Å²) in [6, 6.07) is 18.1. The van der Waals surface area contributed by atoms with E-state index in [-0.39, 0.29) is 5.88 Å². The fourth-order valence-electron chi connectivity index (χ4n) is 2.26. The Morgan fingerprint density at radius 3 is 2.24 bits per heavy atom. The van der Waals surface area contributed by atoms with Crippen molar-refractivity contribution in [2.24, 2.45) is 0 Å². The highest BCUT2D eigenvalue weighted by Gasteiger charge is 2.10. The second kappa shape index (κ2) is 7.57. The topological polar surface area (TPSA) is 61.3 Å². The highest BCUT2D eigenvalue weighted by Crippen LogP contribution is 2.21. The van der Waals surface area contributed by atoms with E-state index in [0.717, 1.165) is 16.9 Å². The van der Waals surface area contributed by atoms with Crippen molar-refractivity contribution >= 4 is 5.97 Å². The molecule has 0 aliphatic rings. The monoisotopic (exact) mass is 334 g/mol. The normalized spacial score (nSPS) is 10.3. The molecular formula is C20H18N2O3. The maximum absolute atomic E-state index is 12.1. The van der Waals surface area contributed by atoms with Crippen LogP contribution in [0, 0.1) is 6.92 Å². The summed E-state index contributed by atoms with van der Waals surface area (Å²) in [5, 5.41) is 8.09. The third-order valence-electron chi connectivity index (χ3n) is 3.59. The van der Waals surface area contributed by atoms with Gasteiger partial charge < -0.3 is 9.47 Å². The Morgan fingerprint density at radius 2 is 1.64 bits per heavy atom. The van der Waals surface area contributed by atoms with Gasteiger partial charge >= 0.3 is 5.97 Å².